The number of pyridine rings is 1. The highest BCUT2D eigenvalue weighted by atomic mass is 15.0. The molecular weight excluding hydrogens is 258 g/mol. The zero-order chi connectivity index (χ0) is 15.2. The molecule has 3 nitrogen and oxygen atoms in total. The molecule has 2 rings (SSSR count). The largest absolute Gasteiger partial charge is 0.369 e. The van der Waals surface area contributed by atoms with Crippen molar-refractivity contribution >= 4 is 16.6 Å². The third-order valence-electron chi connectivity index (χ3n) is 3.33. The number of rotatable bonds is 7. The van der Waals surface area contributed by atoms with E-state index in [1.165, 1.54) is 10.8 Å². The number of hydrogen-bond donors (Lipinski definition) is 2. The van der Waals surface area contributed by atoms with Crippen molar-refractivity contribution in [3.05, 3.63) is 36.0 Å². The number of nitrogens with one attached hydrogen (secondary N) is 2. The molecule has 1 heterocycles. The van der Waals surface area contributed by atoms with E-state index in [4.69, 9.17) is 4.98 Å². The van der Waals surface area contributed by atoms with Gasteiger partial charge < -0.3 is 10.6 Å². The smallest absolute Gasteiger partial charge is 0.134 e. The lowest BCUT2D eigenvalue weighted by Gasteiger charge is -2.14. The Hall–Kier alpha value is -1.61. The summed E-state index contributed by atoms with van der Waals surface area (Å²) < 4.78 is 0. The standard InChI is InChI=1S/C18H27N3/c1-13(2)10-19-12-16-9-15-7-5-6-8-17(15)18(21-16)20-11-14(3)4/h5-9,13-14,19H,10-12H2,1-4H3,(H,20,21). The predicted molar refractivity (Wildman–Crippen MR) is 91.6 cm³/mol. The SMILES string of the molecule is CC(C)CNCc1cc2ccccc2c(NCC(C)C)n1. The van der Waals surface area contributed by atoms with Gasteiger partial charge in [-0.05, 0) is 29.8 Å². The first-order valence-corrected chi connectivity index (χ1v) is 7.89. The normalized spacial score (nSPS) is 11.5. The Morgan fingerprint density at radius 3 is 2.43 bits per heavy atom. The highest BCUT2D eigenvalue weighted by molar-refractivity contribution is 5.92. The van der Waals surface area contributed by atoms with Crippen LogP contribution in [0.1, 0.15) is 33.4 Å². The van der Waals surface area contributed by atoms with E-state index in [2.05, 4.69) is 68.7 Å². The van der Waals surface area contributed by atoms with E-state index in [0.717, 1.165) is 31.1 Å². The van der Waals surface area contributed by atoms with Crippen LogP contribution >= 0.6 is 0 Å². The fourth-order valence-corrected chi connectivity index (χ4v) is 2.27. The third-order valence-corrected chi connectivity index (χ3v) is 3.33. The maximum absolute atomic E-state index is 4.80. The van der Waals surface area contributed by atoms with E-state index >= 15 is 0 Å². The molecule has 0 aliphatic rings. The molecule has 0 saturated carbocycles. The molecule has 0 spiro atoms. The van der Waals surface area contributed by atoms with Gasteiger partial charge in [-0.15, -0.1) is 0 Å². The summed E-state index contributed by atoms with van der Waals surface area (Å²) in [4.78, 5) is 4.80. The maximum atomic E-state index is 4.80. The summed E-state index contributed by atoms with van der Waals surface area (Å²) in [6, 6.07) is 10.6. The van der Waals surface area contributed by atoms with Gasteiger partial charge in [0.1, 0.15) is 5.82 Å². The Balaban J connectivity index is 2.22. The summed E-state index contributed by atoms with van der Waals surface area (Å²) >= 11 is 0. The van der Waals surface area contributed by atoms with Crippen LogP contribution in [0.25, 0.3) is 10.8 Å². The fourth-order valence-electron chi connectivity index (χ4n) is 2.27. The summed E-state index contributed by atoms with van der Waals surface area (Å²) in [7, 11) is 0. The van der Waals surface area contributed by atoms with Crippen molar-refractivity contribution in [2.24, 2.45) is 11.8 Å². The van der Waals surface area contributed by atoms with Gasteiger partial charge in [0.05, 0.1) is 5.69 Å². The van der Waals surface area contributed by atoms with Crippen LogP contribution in [0.3, 0.4) is 0 Å². The fraction of sp³-hybridized carbons (Fsp3) is 0.500. The van der Waals surface area contributed by atoms with E-state index in [9.17, 15) is 0 Å². The summed E-state index contributed by atoms with van der Waals surface area (Å²) in [5, 5.41) is 9.41. The van der Waals surface area contributed by atoms with E-state index in [-0.39, 0.29) is 0 Å². The molecule has 1 aromatic heterocycles. The highest BCUT2D eigenvalue weighted by Crippen LogP contribution is 2.22. The Morgan fingerprint density at radius 1 is 1.00 bits per heavy atom. The average Bonchev–Trinajstić information content (AvgIpc) is 2.44. The predicted octanol–water partition coefficient (Wildman–Crippen LogP) is 4.05. The second kappa shape index (κ2) is 7.41. The molecule has 0 unspecified atom stereocenters. The first-order valence-electron chi connectivity index (χ1n) is 7.89. The first kappa shape index (κ1) is 15.8. The van der Waals surface area contributed by atoms with Crippen LogP contribution in [-0.2, 0) is 6.54 Å². The van der Waals surface area contributed by atoms with Crippen LogP contribution in [0.4, 0.5) is 5.82 Å². The monoisotopic (exact) mass is 285 g/mol. The maximum Gasteiger partial charge on any atom is 0.134 e. The number of nitrogens with zero attached hydrogens (tertiary/aromatic N) is 1. The van der Waals surface area contributed by atoms with Crippen molar-refractivity contribution in [1.29, 1.82) is 0 Å². The van der Waals surface area contributed by atoms with Crippen LogP contribution in [0, 0.1) is 11.8 Å². The number of fused-ring (bicyclic) bond motifs is 1. The van der Waals surface area contributed by atoms with Gasteiger partial charge in [0.15, 0.2) is 0 Å². The minimum Gasteiger partial charge on any atom is -0.369 e. The third kappa shape index (κ3) is 4.71. The van der Waals surface area contributed by atoms with Crippen molar-refractivity contribution < 1.29 is 0 Å². The van der Waals surface area contributed by atoms with Gasteiger partial charge in [0.2, 0.25) is 0 Å². The van der Waals surface area contributed by atoms with Crippen molar-refractivity contribution in [1.82, 2.24) is 10.3 Å². The van der Waals surface area contributed by atoms with Gasteiger partial charge in [-0.3, -0.25) is 0 Å². The second-order valence-electron chi connectivity index (χ2n) is 6.48. The lowest BCUT2D eigenvalue weighted by Crippen LogP contribution is -2.20. The van der Waals surface area contributed by atoms with Crippen molar-refractivity contribution in [2.45, 2.75) is 34.2 Å². The van der Waals surface area contributed by atoms with Crippen molar-refractivity contribution in [3.63, 3.8) is 0 Å². The van der Waals surface area contributed by atoms with Gasteiger partial charge in [-0.2, -0.15) is 0 Å². The molecule has 1 aromatic carbocycles. The Morgan fingerprint density at radius 2 is 1.71 bits per heavy atom. The Labute approximate surface area is 128 Å². The lowest BCUT2D eigenvalue weighted by molar-refractivity contribution is 0.548. The molecule has 2 N–H and O–H groups in total. The van der Waals surface area contributed by atoms with E-state index in [1.54, 1.807) is 0 Å². The topological polar surface area (TPSA) is 37.0 Å². The quantitative estimate of drug-likeness (QED) is 0.806. The van der Waals surface area contributed by atoms with Gasteiger partial charge in [0, 0.05) is 18.5 Å². The van der Waals surface area contributed by atoms with Gasteiger partial charge >= 0.3 is 0 Å². The van der Waals surface area contributed by atoms with Crippen LogP contribution in [-0.4, -0.2) is 18.1 Å². The zero-order valence-corrected chi connectivity index (χ0v) is 13.6. The summed E-state index contributed by atoms with van der Waals surface area (Å²) in [5.41, 5.74) is 1.10. The molecule has 3 heteroatoms. The van der Waals surface area contributed by atoms with Crippen molar-refractivity contribution in [3.8, 4) is 0 Å². The van der Waals surface area contributed by atoms with Crippen LogP contribution in [0.5, 0.6) is 0 Å². The lowest BCUT2D eigenvalue weighted by atomic mass is 10.1. The average molecular weight is 285 g/mol. The van der Waals surface area contributed by atoms with E-state index in [0.29, 0.717) is 11.8 Å². The second-order valence-corrected chi connectivity index (χ2v) is 6.48. The first-order chi connectivity index (χ1) is 10.1. The molecule has 0 fully saturated rings. The van der Waals surface area contributed by atoms with Crippen LogP contribution in [0.15, 0.2) is 30.3 Å². The van der Waals surface area contributed by atoms with Crippen molar-refractivity contribution in [2.75, 3.05) is 18.4 Å². The Bertz CT molecular complexity index is 576. The molecule has 0 saturated heterocycles. The van der Waals surface area contributed by atoms with Gasteiger partial charge in [-0.1, -0.05) is 52.0 Å². The highest BCUT2D eigenvalue weighted by Gasteiger charge is 2.06. The molecule has 0 amide bonds. The minimum absolute atomic E-state index is 0.605. The number of hydrogen-bond acceptors (Lipinski definition) is 3. The van der Waals surface area contributed by atoms with Gasteiger partial charge in [0.25, 0.3) is 0 Å². The minimum atomic E-state index is 0.605. The Kier molecular flexibility index (Phi) is 5.57. The molecule has 0 bridgehead atoms. The van der Waals surface area contributed by atoms with Gasteiger partial charge in [-0.25, -0.2) is 4.98 Å². The zero-order valence-electron chi connectivity index (χ0n) is 13.6. The number of aromatic nitrogens is 1. The van der Waals surface area contributed by atoms with Crippen LogP contribution < -0.4 is 10.6 Å². The van der Waals surface area contributed by atoms with E-state index < -0.39 is 0 Å². The molecular formula is C18H27N3. The van der Waals surface area contributed by atoms with E-state index in [1.807, 2.05) is 0 Å². The molecule has 0 aliphatic heterocycles. The summed E-state index contributed by atoms with van der Waals surface area (Å²) in [5.74, 6) is 2.26. The number of anilines is 1. The molecule has 2 aromatic rings. The summed E-state index contributed by atoms with van der Waals surface area (Å²) in [6.07, 6.45) is 0. The molecule has 0 radical (unpaired) electrons. The number of benzene rings is 1. The molecule has 114 valence electrons. The molecule has 21 heavy (non-hydrogen) atoms. The molecule has 0 aliphatic carbocycles. The summed E-state index contributed by atoms with van der Waals surface area (Å²) in [6.45, 7) is 11.6. The molecule has 0 atom stereocenters. The van der Waals surface area contributed by atoms with Crippen LogP contribution in [0.2, 0.25) is 0 Å².